The Hall–Kier alpha value is -0.800. The van der Waals surface area contributed by atoms with E-state index in [9.17, 15) is 5.11 Å². The van der Waals surface area contributed by atoms with Crippen LogP contribution in [-0.4, -0.2) is 23.4 Å². The molecule has 4 rings (SSSR count). The molecule has 3 fully saturated rings. The minimum absolute atomic E-state index is 0.0391. The van der Waals surface area contributed by atoms with Crippen molar-refractivity contribution in [3.8, 4) is 0 Å². The van der Waals surface area contributed by atoms with Gasteiger partial charge in [0.25, 0.3) is 0 Å². The molecule has 3 aliphatic rings. The van der Waals surface area contributed by atoms with Crippen molar-refractivity contribution in [2.45, 2.75) is 71.0 Å². The number of rotatable bonds is 3. The molecule has 23 heavy (non-hydrogen) atoms. The van der Waals surface area contributed by atoms with Gasteiger partial charge in [-0.25, -0.2) is 0 Å². The molecular weight excluding hydrogens is 288 g/mol. The van der Waals surface area contributed by atoms with E-state index in [4.69, 9.17) is 9.15 Å². The number of hydrogen-bond acceptors (Lipinski definition) is 3. The molecule has 0 aromatic carbocycles. The summed E-state index contributed by atoms with van der Waals surface area (Å²) in [5.41, 5.74) is 0.794. The summed E-state index contributed by atoms with van der Waals surface area (Å²) < 4.78 is 11.4. The average Bonchev–Trinajstić information content (AvgIpc) is 3.12. The van der Waals surface area contributed by atoms with Gasteiger partial charge in [0.1, 0.15) is 0 Å². The van der Waals surface area contributed by atoms with Crippen molar-refractivity contribution in [2.75, 3.05) is 6.61 Å². The first-order valence-electron chi connectivity index (χ1n) is 9.24. The molecule has 1 aromatic heterocycles. The van der Waals surface area contributed by atoms with Crippen LogP contribution < -0.4 is 0 Å². The fourth-order valence-corrected chi connectivity index (χ4v) is 6.45. The normalized spacial score (nSPS) is 49.1. The van der Waals surface area contributed by atoms with E-state index in [0.717, 1.165) is 32.3 Å². The average molecular weight is 318 g/mol. The standard InChI is InChI=1S/C20H30O3/c1-14-11-16-17-18(2,13-23-16)7-4-8-19(17,3)20(14,21)9-5-15-6-10-22-12-15/h6,10,12,14,16-17,21H,4-5,7-9,11,13H2,1-3H3/t14-,16-,17+,18+,19+,20-/m0/s1. The van der Waals surface area contributed by atoms with E-state index in [1.807, 2.05) is 12.3 Å². The van der Waals surface area contributed by atoms with Crippen molar-refractivity contribution < 1.29 is 14.3 Å². The summed E-state index contributed by atoms with van der Waals surface area (Å²) >= 11 is 0. The van der Waals surface area contributed by atoms with E-state index < -0.39 is 5.60 Å². The second kappa shape index (κ2) is 5.10. The summed E-state index contributed by atoms with van der Waals surface area (Å²) in [6.45, 7) is 7.84. The van der Waals surface area contributed by atoms with Crippen molar-refractivity contribution in [3.05, 3.63) is 24.2 Å². The van der Waals surface area contributed by atoms with Gasteiger partial charge in [-0.05, 0) is 55.1 Å². The van der Waals surface area contributed by atoms with Gasteiger partial charge in [0.15, 0.2) is 0 Å². The Morgan fingerprint density at radius 2 is 2.13 bits per heavy atom. The second-order valence-electron chi connectivity index (χ2n) is 8.94. The molecule has 3 heteroatoms. The topological polar surface area (TPSA) is 42.6 Å². The first-order valence-corrected chi connectivity index (χ1v) is 9.24. The highest BCUT2D eigenvalue weighted by Crippen LogP contribution is 2.66. The molecule has 0 unspecified atom stereocenters. The predicted molar refractivity (Wildman–Crippen MR) is 89.1 cm³/mol. The Kier molecular flexibility index (Phi) is 3.48. The molecular formula is C20H30O3. The van der Waals surface area contributed by atoms with Gasteiger partial charge in [0.2, 0.25) is 0 Å². The van der Waals surface area contributed by atoms with Gasteiger partial charge in [0, 0.05) is 11.3 Å². The van der Waals surface area contributed by atoms with E-state index in [2.05, 4.69) is 20.8 Å². The third-order valence-corrected chi connectivity index (χ3v) is 7.65. The van der Waals surface area contributed by atoms with Gasteiger partial charge in [-0.2, -0.15) is 0 Å². The predicted octanol–water partition coefficient (Wildman–Crippen LogP) is 4.19. The zero-order chi connectivity index (χ0) is 16.3. The summed E-state index contributed by atoms with van der Waals surface area (Å²) in [4.78, 5) is 0. The number of hydrogen-bond donors (Lipinski definition) is 1. The van der Waals surface area contributed by atoms with E-state index in [0.29, 0.717) is 12.0 Å². The summed E-state index contributed by atoms with van der Waals surface area (Å²) in [5, 5.41) is 11.9. The molecule has 0 spiro atoms. The van der Waals surface area contributed by atoms with Crippen LogP contribution in [0.5, 0.6) is 0 Å². The quantitative estimate of drug-likeness (QED) is 0.908. The lowest BCUT2D eigenvalue weighted by atomic mass is 9.44. The van der Waals surface area contributed by atoms with Crippen molar-refractivity contribution in [3.63, 3.8) is 0 Å². The SMILES string of the molecule is C[C@H]1C[C@@H]2OC[C@@]3(C)CCC[C@](C)([C@H]23)[C@]1(O)CCc1ccoc1. The van der Waals surface area contributed by atoms with Crippen molar-refractivity contribution in [1.82, 2.24) is 0 Å². The first-order chi connectivity index (χ1) is 10.9. The third kappa shape index (κ3) is 2.09. The van der Waals surface area contributed by atoms with Crippen molar-refractivity contribution in [2.24, 2.45) is 22.7 Å². The zero-order valence-corrected chi connectivity index (χ0v) is 14.7. The number of aryl methyl sites for hydroxylation is 1. The molecule has 128 valence electrons. The number of furan rings is 1. The van der Waals surface area contributed by atoms with E-state index >= 15 is 0 Å². The van der Waals surface area contributed by atoms with Crippen LogP contribution >= 0.6 is 0 Å². The molecule has 2 heterocycles. The smallest absolute Gasteiger partial charge is 0.0934 e. The van der Waals surface area contributed by atoms with Crippen LogP contribution in [0.3, 0.4) is 0 Å². The van der Waals surface area contributed by atoms with Crippen LogP contribution in [0.25, 0.3) is 0 Å². The zero-order valence-electron chi connectivity index (χ0n) is 14.7. The molecule has 1 aliphatic heterocycles. The first kappa shape index (κ1) is 15.7. The van der Waals surface area contributed by atoms with Crippen molar-refractivity contribution >= 4 is 0 Å². The maximum Gasteiger partial charge on any atom is 0.0934 e. The molecule has 1 saturated heterocycles. The van der Waals surface area contributed by atoms with Gasteiger partial charge >= 0.3 is 0 Å². The summed E-state index contributed by atoms with van der Waals surface area (Å²) in [7, 11) is 0. The van der Waals surface area contributed by atoms with E-state index in [-0.39, 0.29) is 16.7 Å². The molecule has 0 amide bonds. The Bertz CT molecular complexity index is 567. The number of aliphatic hydroxyl groups is 1. The van der Waals surface area contributed by atoms with E-state index in [1.165, 1.54) is 18.4 Å². The Morgan fingerprint density at radius 3 is 2.87 bits per heavy atom. The molecule has 1 aromatic rings. The molecule has 2 saturated carbocycles. The minimum Gasteiger partial charge on any atom is -0.472 e. The van der Waals surface area contributed by atoms with Gasteiger partial charge < -0.3 is 14.3 Å². The molecule has 3 nitrogen and oxygen atoms in total. The van der Waals surface area contributed by atoms with Crippen LogP contribution in [0.4, 0.5) is 0 Å². The van der Waals surface area contributed by atoms with Gasteiger partial charge in [-0.3, -0.25) is 0 Å². The van der Waals surface area contributed by atoms with Crippen LogP contribution in [0, 0.1) is 22.7 Å². The van der Waals surface area contributed by atoms with Crippen LogP contribution in [0.2, 0.25) is 0 Å². The monoisotopic (exact) mass is 318 g/mol. The Balaban J connectivity index is 1.67. The third-order valence-electron chi connectivity index (χ3n) is 7.65. The summed E-state index contributed by atoms with van der Waals surface area (Å²) in [6, 6.07) is 2.02. The molecule has 0 bridgehead atoms. The molecule has 6 atom stereocenters. The van der Waals surface area contributed by atoms with Crippen LogP contribution in [-0.2, 0) is 11.2 Å². The van der Waals surface area contributed by atoms with Crippen LogP contribution in [0.15, 0.2) is 23.0 Å². The highest BCUT2D eigenvalue weighted by Gasteiger charge is 2.67. The summed E-state index contributed by atoms with van der Waals surface area (Å²) in [5.74, 6) is 0.774. The Morgan fingerprint density at radius 1 is 1.30 bits per heavy atom. The lowest BCUT2D eigenvalue weighted by Crippen LogP contribution is -2.65. The van der Waals surface area contributed by atoms with Gasteiger partial charge in [-0.1, -0.05) is 27.2 Å². The second-order valence-corrected chi connectivity index (χ2v) is 8.94. The molecule has 1 N–H and O–H groups in total. The summed E-state index contributed by atoms with van der Waals surface area (Å²) in [6.07, 6.45) is 10.2. The van der Waals surface area contributed by atoms with Gasteiger partial charge in [-0.15, -0.1) is 0 Å². The Labute approximate surface area is 139 Å². The lowest BCUT2D eigenvalue weighted by molar-refractivity contribution is -0.217. The maximum atomic E-state index is 11.9. The van der Waals surface area contributed by atoms with Crippen molar-refractivity contribution in [1.29, 1.82) is 0 Å². The molecule has 2 aliphatic carbocycles. The van der Waals surface area contributed by atoms with E-state index in [1.54, 1.807) is 6.26 Å². The van der Waals surface area contributed by atoms with Crippen LogP contribution in [0.1, 0.15) is 58.4 Å². The highest BCUT2D eigenvalue weighted by atomic mass is 16.5. The maximum absolute atomic E-state index is 11.9. The highest BCUT2D eigenvalue weighted by molar-refractivity contribution is 5.17. The number of ether oxygens (including phenoxy) is 1. The molecule has 0 radical (unpaired) electrons. The largest absolute Gasteiger partial charge is 0.472 e. The lowest BCUT2D eigenvalue weighted by Gasteiger charge is -2.62. The fourth-order valence-electron chi connectivity index (χ4n) is 6.45. The van der Waals surface area contributed by atoms with Gasteiger partial charge in [0.05, 0.1) is 30.8 Å². The minimum atomic E-state index is -0.610. The fraction of sp³-hybridized carbons (Fsp3) is 0.800.